The molecule has 0 saturated heterocycles. The third-order valence-electron chi connectivity index (χ3n) is 3.96. The molecular weight excluding hydrogens is 328 g/mol. The number of hydrogen-bond acceptors (Lipinski definition) is 5. The fourth-order valence-electron chi connectivity index (χ4n) is 2.63. The van der Waals surface area contributed by atoms with Gasteiger partial charge in [-0.05, 0) is 29.8 Å². The molecule has 0 aliphatic rings. The largest absolute Gasteiger partial charge is 0.398 e. The Labute approximate surface area is 149 Å². The first kappa shape index (κ1) is 16.9. The average molecular weight is 344 g/mol. The number of nitrogens with zero attached hydrogens (tertiary/aromatic N) is 2. The highest BCUT2D eigenvalue weighted by atomic mass is 16.1. The molecule has 5 N–H and O–H groups in total. The van der Waals surface area contributed by atoms with Crippen LogP contribution in [0.15, 0.2) is 48.3 Å². The van der Waals surface area contributed by atoms with Gasteiger partial charge in [0.15, 0.2) is 0 Å². The molecule has 26 heavy (non-hydrogen) atoms. The lowest BCUT2D eigenvalue weighted by atomic mass is 10.1. The van der Waals surface area contributed by atoms with E-state index in [0.29, 0.717) is 28.0 Å². The van der Waals surface area contributed by atoms with Gasteiger partial charge in [0.2, 0.25) is 0 Å². The van der Waals surface area contributed by atoms with Crippen LogP contribution in [0.1, 0.15) is 16.7 Å². The van der Waals surface area contributed by atoms with Crippen LogP contribution in [0.25, 0.3) is 17.1 Å². The summed E-state index contributed by atoms with van der Waals surface area (Å²) in [6, 6.07) is 10.8. The number of nitriles is 1. The van der Waals surface area contributed by atoms with Crippen molar-refractivity contribution in [2.24, 2.45) is 0 Å². The quantitative estimate of drug-likeness (QED) is 0.245. The number of amides is 1. The van der Waals surface area contributed by atoms with Gasteiger partial charge in [0.25, 0.3) is 5.91 Å². The minimum absolute atomic E-state index is 0.0185. The summed E-state index contributed by atoms with van der Waals surface area (Å²) >= 11 is 0. The highest BCUT2D eigenvalue weighted by molar-refractivity contribution is 6.03. The van der Waals surface area contributed by atoms with Crippen molar-refractivity contribution in [3.63, 3.8) is 0 Å². The predicted molar refractivity (Wildman–Crippen MR) is 100 cm³/mol. The number of carbonyl (C=O) groups excluding carboxylic acids is 1. The van der Waals surface area contributed by atoms with E-state index >= 15 is 0 Å². The first-order chi connectivity index (χ1) is 12.6. The van der Waals surface area contributed by atoms with Crippen LogP contribution in [0.3, 0.4) is 0 Å². The van der Waals surface area contributed by atoms with Gasteiger partial charge in [-0.25, -0.2) is 4.98 Å². The van der Waals surface area contributed by atoms with Gasteiger partial charge >= 0.3 is 0 Å². The van der Waals surface area contributed by atoms with Gasteiger partial charge < -0.3 is 21.4 Å². The summed E-state index contributed by atoms with van der Waals surface area (Å²) in [6.45, 7) is 0.170. The van der Waals surface area contributed by atoms with Crippen molar-refractivity contribution in [2.75, 3.05) is 5.73 Å². The number of anilines is 1. The fraction of sp³-hybridized carbons (Fsp3) is 0.0526. The number of nitrogens with one attached hydrogen (secondary N) is 3. The Morgan fingerprint density at radius 1 is 1.38 bits per heavy atom. The van der Waals surface area contributed by atoms with Crippen LogP contribution >= 0.6 is 0 Å². The zero-order valence-electron chi connectivity index (χ0n) is 13.8. The molecule has 0 unspecified atom stereocenters. The van der Waals surface area contributed by atoms with E-state index in [-0.39, 0.29) is 12.1 Å². The predicted octanol–water partition coefficient (Wildman–Crippen LogP) is 2.37. The summed E-state index contributed by atoms with van der Waals surface area (Å²) in [5, 5.41) is 20.3. The van der Waals surface area contributed by atoms with Gasteiger partial charge in [0, 0.05) is 47.4 Å². The Bertz CT molecular complexity index is 1060. The van der Waals surface area contributed by atoms with Crippen molar-refractivity contribution in [1.29, 1.82) is 10.7 Å². The number of hydrogen-bond donors (Lipinski definition) is 4. The maximum atomic E-state index is 12.4. The van der Waals surface area contributed by atoms with Gasteiger partial charge in [0.05, 0.1) is 0 Å². The third kappa shape index (κ3) is 3.30. The molecular formula is C19H16N6O. The van der Waals surface area contributed by atoms with E-state index in [1.54, 1.807) is 36.7 Å². The molecule has 128 valence electrons. The number of carbonyl (C=O) groups is 1. The second-order valence-electron chi connectivity index (χ2n) is 5.56. The summed E-state index contributed by atoms with van der Waals surface area (Å²) < 4.78 is 0. The van der Waals surface area contributed by atoms with Crippen molar-refractivity contribution in [2.45, 2.75) is 6.54 Å². The highest BCUT2D eigenvalue weighted by Gasteiger charge is 2.12. The number of nitrogen functional groups attached to an aromatic ring is 1. The number of nitrogens with two attached hydrogens (primary N) is 1. The van der Waals surface area contributed by atoms with E-state index in [2.05, 4.69) is 15.3 Å². The zero-order chi connectivity index (χ0) is 18.5. The Balaban J connectivity index is 1.81. The van der Waals surface area contributed by atoms with Gasteiger partial charge in [-0.3, -0.25) is 4.79 Å². The van der Waals surface area contributed by atoms with Crippen LogP contribution < -0.4 is 11.1 Å². The Hall–Kier alpha value is -3.92. The molecule has 0 spiro atoms. The maximum absolute atomic E-state index is 12.4. The van der Waals surface area contributed by atoms with Crippen molar-refractivity contribution in [3.8, 4) is 6.07 Å². The molecule has 3 rings (SSSR count). The molecule has 0 bridgehead atoms. The van der Waals surface area contributed by atoms with Gasteiger partial charge in [-0.15, -0.1) is 0 Å². The second kappa shape index (κ2) is 7.32. The Kier molecular flexibility index (Phi) is 4.76. The molecule has 7 nitrogen and oxygen atoms in total. The van der Waals surface area contributed by atoms with Crippen LogP contribution in [0.4, 0.5) is 5.69 Å². The first-order valence-corrected chi connectivity index (χ1v) is 7.84. The number of fused-ring (bicyclic) bond motifs is 1. The summed E-state index contributed by atoms with van der Waals surface area (Å²) in [4.78, 5) is 19.6. The SMILES string of the molecule is N#C/C(=C\c1c[nH]c2ncccc12)C(=O)NCc1cccc(N)c1C=N. The van der Waals surface area contributed by atoms with Gasteiger partial charge in [0.1, 0.15) is 17.3 Å². The molecule has 0 atom stereocenters. The fourth-order valence-corrected chi connectivity index (χ4v) is 2.63. The standard InChI is InChI=1S/C19H16N6O/c20-8-13(7-14-11-24-18-15(14)4-2-6-23-18)19(26)25-10-12-3-1-5-17(22)16(12)9-21/h1-7,9,11,21H,10,22H2,(H,23,24)(H,25,26)/b13-7+,21-9?. The molecule has 1 aromatic carbocycles. The minimum atomic E-state index is -0.496. The number of aromatic amines is 1. The normalized spacial score (nSPS) is 11.1. The van der Waals surface area contributed by atoms with Gasteiger partial charge in [-0.1, -0.05) is 12.1 Å². The van der Waals surface area contributed by atoms with Crippen LogP contribution in [-0.4, -0.2) is 22.1 Å². The molecule has 3 aromatic rings. The molecule has 1 amide bonds. The van der Waals surface area contributed by atoms with Crippen molar-refractivity contribution >= 4 is 34.9 Å². The molecule has 0 saturated carbocycles. The maximum Gasteiger partial charge on any atom is 0.262 e. The molecule has 2 aromatic heterocycles. The molecule has 2 heterocycles. The van der Waals surface area contributed by atoms with Crippen molar-refractivity contribution in [1.82, 2.24) is 15.3 Å². The smallest absolute Gasteiger partial charge is 0.262 e. The van der Waals surface area contributed by atoms with E-state index in [4.69, 9.17) is 11.1 Å². The Morgan fingerprint density at radius 2 is 2.23 bits per heavy atom. The molecule has 0 fully saturated rings. The van der Waals surface area contributed by atoms with Crippen molar-refractivity contribution < 1.29 is 4.79 Å². The zero-order valence-corrected chi connectivity index (χ0v) is 13.8. The lowest BCUT2D eigenvalue weighted by Gasteiger charge is -2.09. The van der Waals surface area contributed by atoms with E-state index in [1.807, 2.05) is 12.1 Å². The molecule has 7 heteroatoms. The van der Waals surface area contributed by atoms with E-state index < -0.39 is 5.91 Å². The third-order valence-corrected chi connectivity index (χ3v) is 3.96. The minimum Gasteiger partial charge on any atom is -0.398 e. The lowest BCUT2D eigenvalue weighted by Crippen LogP contribution is -2.24. The second-order valence-corrected chi connectivity index (χ2v) is 5.56. The highest BCUT2D eigenvalue weighted by Crippen LogP contribution is 2.19. The number of aromatic nitrogens is 2. The van der Waals surface area contributed by atoms with Crippen LogP contribution in [-0.2, 0) is 11.3 Å². The number of rotatable bonds is 5. The lowest BCUT2D eigenvalue weighted by molar-refractivity contribution is -0.117. The van der Waals surface area contributed by atoms with Gasteiger partial charge in [-0.2, -0.15) is 5.26 Å². The van der Waals surface area contributed by atoms with Crippen LogP contribution in [0, 0.1) is 16.7 Å². The monoisotopic (exact) mass is 344 g/mol. The molecule has 0 aliphatic carbocycles. The topological polar surface area (TPSA) is 131 Å². The number of pyridine rings is 1. The average Bonchev–Trinajstić information content (AvgIpc) is 3.07. The number of H-pyrrole nitrogens is 1. The van der Waals surface area contributed by atoms with Crippen molar-refractivity contribution in [3.05, 3.63) is 65.0 Å². The molecule has 0 radical (unpaired) electrons. The summed E-state index contributed by atoms with van der Waals surface area (Å²) in [5.74, 6) is -0.496. The van der Waals surface area contributed by atoms with E-state index in [9.17, 15) is 10.1 Å². The summed E-state index contributed by atoms with van der Waals surface area (Å²) in [7, 11) is 0. The summed E-state index contributed by atoms with van der Waals surface area (Å²) in [5.41, 5.74) is 8.94. The molecule has 0 aliphatic heterocycles. The summed E-state index contributed by atoms with van der Waals surface area (Å²) in [6.07, 6.45) is 6.04. The van der Waals surface area contributed by atoms with E-state index in [1.165, 1.54) is 6.08 Å². The van der Waals surface area contributed by atoms with Crippen LogP contribution in [0.5, 0.6) is 0 Å². The Morgan fingerprint density at radius 3 is 3.00 bits per heavy atom. The van der Waals surface area contributed by atoms with E-state index in [0.717, 1.165) is 11.6 Å². The van der Waals surface area contributed by atoms with Crippen LogP contribution in [0.2, 0.25) is 0 Å². The number of benzene rings is 1. The first-order valence-electron chi connectivity index (χ1n) is 7.84.